The van der Waals surface area contributed by atoms with E-state index in [-0.39, 0.29) is 11.9 Å². The number of amides is 2. The van der Waals surface area contributed by atoms with E-state index in [1.165, 1.54) is 10.6 Å². The quantitative estimate of drug-likeness (QED) is 0.829. The fourth-order valence-corrected chi connectivity index (χ4v) is 3.38. The second-order valence-electron chi connectivity index (χ2n) is 8.53. The third-order valence-electron chi connectivity index (χ3n) is 5.04. The first-order chi connectivity index (χ1) is 14.2. The third-order valence-corrected chi connectivity index (χ3v) is 5.04. The molecule has 2 amide bonds. The van der Waals surface area contributed by atoms with Crippen LogP contribution in [0, 0.1) is 0 Å². The number of carbonyl (C=O) groups excluding carboxylic acids is 2. The Bertz CT molecular complexity index is 854. The monoisotopic (exact) mass is 410 g/mol. The molecule has 0 atom stereocenters. The lowest BCUT2D eigenvalue weighted by atomic mass is 10.0. The molecule has 1 N–H and O–H groups in total. The zero-order valence-electron chi connectivity index (χ0n) is 18.1. The van der Waals surface area contributed by atoms with Crippen LogP contribution in [0.4, 0.5) is 16.2 Å². The zero-order valence-corrected chi connectivity index (χ0v) is 18.1. The van der Waals surface area contributed by atoms with Gasteiger partial charge in [0.1, 0.15) is 5.60 Å². The van der Waals surface area contributed by atoms with Crippen LogP contribution in [0.3, 0.4) is 0 Å². The van der Waals surface area contributed by atoms with E-state index in [1.54, 1.807) is 43.7 Å². The van der Waals surface area contributed by atoms with E-state index in [0.717, 1.165) is 25.9 Å². The number of pyridine rings is 1. The molecule has 7 heteroatoms. The fourth-order valence-electron chi connectivity index (χ4n) is 3.38. The molecule has 0 unspecified atom stereocenters. The maximum Gasteiger partial charge on any atom is 0.414 e. The highest BCUT2D eigenvalue weighted by Gasteiger charge is 2.23. The number of hydrogen-bond acceptors (Lipinski definition) is 5. The van der Waals surface area contributed by atoms with Crippen molar-refractivity contribution in [1.29, 1.82) is 0 Å². The summed E-state index contributed by atoms with van der Waals surface area (Å²) in [5.41, 5.74) is 1.86. The molecule has 1 aromatic carbocycles. The second kappa shape index (κ2) is 9.15. The normalized spacial score (nSPS) is 14.9. The van der Waals surface area contributed by atoms with Gasteiger partial charge in [-0.2, -0.15) is 0 Å². The molecule has 160 valence electrons. The van der Waals surface area contributed by atoms with E-state index < -0.39 is 11.7 Å². The number of ether oxygens (including phenoxy) is 1. The van der Waals surface area contributed by atoms with Gasteiger partial charge in [-0.25, -0.2) is 4.79 Å². The van der Waals surface area contributed by atoms with Crippen LogP contribution in [0.2, 0.25) is 0 Å². The number of rotatable bonds is 4. The maximum absolute atomic E-state index is 12.6. The van der Waals surface area contributed by atoms with Gasteiger partial charge in [0.05, 0.1) is 0 Å². The predicted octanol–water partition coefficient (Wildman–Crippen LogP) is 3.85. The number of nitrogens with one attached hydrogen (secondary N) is 1. The van der Waals surface area contributed by atoms with Crippen molar-refractivity contribution in [1.82, 2.24) is 10.3 Å². The van der Waals surface area contributed by atoms with Crippen LogP contribution in [-0.2, 0) is 4.74 Å². The summed E-state index contributed by atoms with van der Waals surface area (Å²) >= 11 is 0. The van der Waals surface area contributed by atoms with Crippen LogP contribution in [0.25, 0.3) is 0 Å². The summed E-state index contributed by atoms with van der Waals surface area (Å²) in [5, 5.41) is 3.13. The van der Waals surface area contributed by atoms with E-state index in [9.17, 15) is 9.59 Å². The molecule has 2 aromatic rings. The minimum Gasteiger partial charge on any atom is -0.443 e. The molecular weight excluding hydrogens is 380 g/mol. The number of benzene rings is 1. The molecule has 0 saturated carbocycles. The van der Waals surface area contributed by atoms with Gasteiger partial charge in [0, 0.05) is 55.5 Å². The lowest BCUT2D eigenvalue weighted by molar-refractivity contribution is 0.0589. The van der Waals surface area contributed by atoms with Gasteiger partial charge in [-0.1, -0.05) is 0 Å². The Morgan fingerprint density at radius 1 is 1.07 bits per heavy atom. The lowest BCUT2D eigenvalue weighted by Crippen LogP contribution is -2.44. The molecule has 1 aliphatic rings. The highest BCUT2D eigenvalue weighted by Crippen LogP contribution is 2.20. The molecule has 0 bridgehead atoms. The average Bonchev–Trinajstić information content (AvgIpc) is 2.73. The zero-order chi connectivity index (χ0) is 21.7. The summed E-state index contributed by atoms with van der Waals surface area (Å²) in [5.74, 6) is -0.0937. The first-order valence-corrected chi connectivity index (χ1v) is 10.3. The standard InChI is InChI=1S/C23H30N4O3/c1-23(2,3)30-22(29)26(4)19-7-5-17(6-8-19)21(28)25-18-11-15-27(16-12-18)20-9-13-24-14-10-20/h5-10,13-14,18H,11-12,15-16H2,1-4H3,(H,25,28). The van der Waals surface area contributed by atoms with Crippen LogP contribution in [0.1, 0.15) is 44.0 Å². The number of carbonyl (C=O) groups is 2. The van der Waals surface area contributed by atoms with Gasteiger partial charge in [0.25, 0.3) is 5.91 Å². The van der Waals surface area contributed by atoms with Crippen molar-refractivity contribution in [3.8, 4) is 0 Å². The summed E-state index contributed by atoms with van der Waals surface area (Å²) < 4.78 is 5.37. The predicted molar refractivity (Wildman–Crippen MR) is 118 cm³/mol. The lowest BCUT2D eigenvalue weighted by Gasteiger charge is -2.33. The van der Waals surface area contributed by atoms with Crippen LogP contribution < -0.4 is 15.1 Å². The molecule has 1 saturated heterocycles. The molecule has 3 rings (SSSR count). The Balaban J connectivity index is 1.52. The summed E-state index contributed by atoms with van der Waals surface area (Å²) in [6.07, 6.45) is 4.96. The van der Waals surface area contributed by atoms with Crippen LogP contribution >= 0.6 is 0 Å². The number of aromatic nitrogens is 1. The number of piperidine rings is 1. The van der Waals surface area contributed by atoms with Gasteiger partial charge >= 0.3 is 6.09 Å². The molecule has 1 aromatic heterocycles. The van der Waals surface area contributed by atoms with E-state index in [4.69, 9.17) is 4.74 Å². The molecule has 1 fully saturated rings. The third kappa shape index (κ3) is 5.72. The van der Waals surface area contributed by atoms with E-state index >= 15 is 0 Å². The molecule has 30 heavy (non-hydrogen) atoms. The summed E-state index contributed by atoms with van der Waals surface area (Å²) in [7, 11) is 1.65. The molecule has 2 heterocycles. The van der Waals surface area contributed by atoms with E-state index in [1.807, 2.05) is 32.9 Å². The Kier molecular flexibility index (Phi) is 6.59. The topological polar surface area (TPSA) is 74.8 Å². The fraction of sp³-hybridized carbons (Fsp3) is 0.435. The minimum absolute atomic E-state index is 0.0937. The average molecular weight is 411 g/mol. The number of hydrogen-bond donors (Lipinski definition) is 1. The largest absolute Gasteiger partial charge is 0.443 e. The van der Waals surface area contributed by atoms with Crippen molar-refractivity contribution in [3.05, 3.63) is 54.4 Å². The SMILES string of the molecule is CN(C(=O)OC(C)(C)C)c1ccc(C(=O)NC2CCN(c3ccncc3)CC2)cc1. The van der Waals surface area contributed by atoms with Crippen molar-refractivity contribution < 1.29 is 14.3 Å². The highest BCUT2D eigenvalue weighted by atomic mass is 16.6. The van der Waals surface area contributed by atoms with Crippen molar-refractivity contribution in [2.45, 2.75) is 45.3 Å². The van der Waals surface area contributed by atoms with Gasteiger partial charge in [-0.3, -0.25) is 14.7 Å². The van der Waals surface area contributed by atoms with Gasteiger partial charge < -0.3 is 15.0 Å². The minimum atomic E-state index is -0.557. The first kappa shape index (κ1) is 21.6. The van der Waals surface area contributed by atoms with Crippen molar-refractivity contribution >= 4 is 23.4 Å². The Hall–Kier alpha value is -3.09. The van der Waals surface area contributed by atoms with Crippen molar-refractivity contribution in [2.75, 3.05) is 29.9 Å². The van der Waals surface area contributed by atoms with Crippen molar-refractivity contribution in [3.63, 3.8) is 0 Å². The highest BCUT2D eigenvalue weighted by molar-refractivity contribution is 5.95. The maximum atomic E-state index is 12.6. The first-order valence-electron chi connectivity index (χ1n) is 10.3. The molecule has 0 spiro atoms. The Labute approximate surface area is 178 Å². The van der Waals surface area contributed by atoms with E-state index in [0.29, 0.717) is 11.3 Å². The van der Waals surface area contributed by atoms with E-state index in [2.05, 4.69) is 15.2 Å². The van der Waals surface area contributed by atoms with Crippen molar-refractivity contribution in [2.24, 2.45) is 0 Å². The summed E-state index contributed by atoms with van der Waals surface area (Å²) in [6, 6.07) is 11.1. The Morgan fingerprint density at radius 2 is 1.67 bits per heavy atom. The smallest absolute Gasteiger partial charge is 0.414 e. The molecular formula is C23H30N4O3. The number of nitrogens with zero attached hydrogens (tertiary/aromatic N) is 3. The molecule has 0 aliphatic carbocycles. The van der Waals surface area contributed by atoms with Gasteiger partial charge in [0.2, 0.25) is 0 Å². The van der Waals surface area contributed by atoms with Gasteiger partial charge in [-0.05, 0) is 70.0 Å². The van der Waals surface area contributed by atoms with Crippen LogP contribution in [0.15, 0.2) is 48.8 Å². The van der Waals surface area contributed by atoms with Gasteiger partial charge in [-0.15, -0.1) is 0 Å². The van der Waals surface area contributed by atoms with Gasteiger partial charge in [0.15, 0.2) is 0 Å². The summed E-state index contributed by atoms with van der Waals surface area (Å²) in [4.78, 5) is 32.6. The molecule has 7 nitrogen and oxygen atoms in total. The van der Waals surface area contributed by atoms with Crippen LogP contribution in [0.5, 0.6) is 0 Å². The summed E-state index contributed by atoms with van der Waals surface area (Å²) in [6.45, 7) is 7.28. The number of anilines is 2. The molecule has 1 aliphatic heterocycles. The second-order valence-corrected chi connectivity index (χ2v) is 8.53. The Morgan fingerprint density at radius 3 is 2.23 bits per heavy atom. The van der Waals surface area contributed by atoms with Crippen LogP contribution in [-0.4, -0.2) is 48.8 Å². The molecule has 0 radical (unpaired) electrons.